The molecule has 1 fully saturated rings. The highest BCUT2D eigenvalue weighted by atomic mass is 16.5. The summed E-state index contributed by atoms with van der Waals surface area (Å²) in [6.07, 6.45) is 2.21. The molecule has 0 unspecified atom stereocenters. The quantitative estimate of drug-likeness (QED) is 0.497. The van der Waals surface area contributed by atoms with Gasteiger partial charge in [0.2, 0.25) is 0 Å². The second kappa shape index (κ2) is 11.8. The maximum absolute atomic E-state index is 13.7. The molecule has 0 aromatic heterocycles. The van der Waals surface area contributed by atoms with Crippen LogP contribution in [0.1, 0.15) is 54.5 Å². The number of carbonyl (C=O) groups is 2. The van der Waals surface area contributed by atoms with E-state index in [-0.39, 0.29) is 30.4 Å². The Morgan fingerprint density at radius 2 is 1.89 bits per heavy atom. The lowest BCUT2D eigenvalue weighted by atomic mass is 9.94. The van der Waals surface area contributed by atoms with Crippen LogP contribution in [0.3, 0.4) is 0 Å². The molecular formula is C29H37N3O5. The van der Waals surface area contributed by atoms with Gasteiger partial charge >= 0.3 is 5.97 Å². The van der Waals surface area contributed by atoms with Crippen LogP contribution in [0.15, 0.2) is 41.5 Å². The highest BCUT2D eigenvalue weighted by Gasteiger charge is 2.37. The minimum absolute atomic E-state index is 0.104. The number of esters is 1. The fourth-order valence-electron chi connectivity index (χ4n) is 5.29. The van der Waals surface area contributed by atoms with Crippen LogP contribution in [0.4, 0.5) is 0 Å². The van der Waals surface area contributed by atoms with E-state index in [1.54, 1.807) is 19.2 Å². The molecule has 2 aliphatic heterocycles. The number of likely N-dealkylation sites (tertiary alicyclic amines) is 1. The fourth-order valence-corrected chi connectivity index (χ4v) is 5.29. The number of benzene rings is 2. The predicted molar refractivity (Wildman–Crippen MR) is 142 cm³/mol. The number of hydrogen-bond acceptors (Lipinski definition) is 7. The van der Waals surface area contributed by atoms with Crippen LogP contribution in [-0.4, -0.2) is 68.0 Å². The normalized spacial score (nSPS) is 19.9. The van der Waals surface area contributed by atoms with E-state index >= 15 is 0 Å². The Morgan fingerprint density at radius 3 is 2.59 bits per heavy atom. The molecule has 1 saturated heterocycles. The zero-order valence-corrected chi connectivity index (χ0v) is 22.5. The molecule has 2 heterocycles. The molecule has 0 spiro atoms. The fraction of sp³-hybridized carbons (Fsp3) is 0.483. The van der Waals surface area contributed by atoms with Gasteiger partial charge in [0.05, 0.1) is 45.0 Å². The van der Waals surface area contributed by atoms with Crippen LogP contribution in [-0.2, 0) is 14.3 Å². The number of piperidine rings is 1. The highest BCUT2D eigenvalue weighted by molar-refractivity contribution is 6.04. The number of ether oxygens (including phenoxy) is 3. The maximum Gasteiger partial charge on any atom is 0.310 e. The summed E-state index contributed by atoms with van der Waals surface area (Å²) in [7, 11) is 3.23. The summed E-state index contributed by atoms with van der Waals surface area (Å²) >= 11 is 0. The lowest BCUT2D eigenvalue weighted by Gasteiger charge is -2.32. The van der Waals surface area contributed by atoms with Crippen molar-refractivity contribution in [3.63, 3.8) is 0 Å². The van der Waals surface area contributed by atoms with Crippen LogP contribution in [0.2, 0.25) is 0 Å². The SMILES string of the molecule is CCOC(=O)[C@@H]1CCCN(CC(=O)N2N=C(c3ccc(C)cc3C)C[C@@H]2c2ccc(OC)cc2OC)C1. The smallest absolute Gasteiger partial charge is 0.310 e. The van der Waals surface area contributed by atoms with Gasteiger partial charge in [-0.15, -0.1) is 0 Å². The van der Waals surface area contributed by atoms with Crippen molar-refractivity contribution in [2.45, 2.75) is 46.1 Å². The highest BCUT2D eigenvalue weighted by Crippen LogP contribution is 2.39. The summed E-state index contributed by atoms with van der Waals surface area (Å²) < 4.78 is 16.3. The molecule has 0 saturated carbocycles. The molecule has 2 aromatic rings. The van der Waals surface area contributed by atoms with Crippen LogP contribution in [0.25, 0.3) is 0 Å². The Balaban J connectivity index is 1.62. The standard InChI is InChI=1S/C29H37N3O5/c1-6-37-29(34)21-8-7-13-31(17-21)18-28(33)32-26(24-12-10-22(35-4)15-27(24)36-5)16-25(30-32)23-11-9-19(2)14-20(23)3/h9-12,14-15,21,26H,6-8,13,16-18H2,1-5H3/t21-,26-/m1/s1. The van der Waals surface area contributed by atoms with Crippen molar-refractivity contribution >= 4 is 17.6 Å². The van der Waals surface area contributed by atoms with E-state index in [0.29, 0.717) is 31.1 Å². The molecule has 2 aliphatic rings. The average Bonchev–Trinajstić information content (AvgIpc) is 3.33. The molecule has 8 heteroatoms. The van der Waals surface area contributed by atoms with Crippen molar-refractivity contribution in [1.82, 2.24) is 9.91 Å². The van der Waals surface area contributed by atoms with Crippen molar-refractivity contribution in [2.75, 3.05) is 40.5 Å². The second-order valence-corrected chi connectivity index (χ2v) is 9.76. The van der Waals surface area contributed by atoms with Gasteiger partial charge in [0.25, 0.3) is 5.91 Å². The maximum atomic E-state index is 13.7. The summed E-state index contributed by atoms with van der Waals surface area (Å²) in [4.78, 5) is 28.1. The zero-order valence-electron chi connectivity index (χ0n) is 22.5. The number of hydrazone groups is 1. The molecule has 198 valence electrons. The van der Waals surface area contributed by atoms with Gasteiger partial charge < -0.3 is 14.2 Å². The Hall–Kier alpha value is -3.39. The molecule has 0 radical (unpaired) electrons. The lowest BCUT2D eigenvalue weighted by Crippen LogP contribution is -2.44. The van der Waals surface area contributed by atoms with Gasteiger partial charge in [-0.05, 0) is 57.9 Å². The molecule has 1 amide bonds. The third kappa shape index (κ3) is 5.96. The van der Waals surface area contributed by atoms with E-state index in [1.807, 2.05) is 30.0 Å². The van der Waals surface area contributed by atoms with Crippen LogP contribution in [0, 0.1) is 19.8 Å². The number of hydrogen-bond donors (Lipinski definition) is 0. The predicted octanol–water partition coefficient (Wildman–Crippen LogP) is 4.27. The largest absolute Gasteiger partial charge is 0.497 e. The van der Waals surface area contributed by atoms with Crippen LogP contribution < -0.4 is 9.47 Å². The molecule has 37 heavy (non-hydrogen) atoms. The van der Waals surface area contributed by atoms with Gasteiger partial charge in [-0.1, -0.05) is 23.8 Å². The van der Waals surface area contributed by atoms with Gasteiger partial charge in [0, 0.05) is 30.2 Å². The van der Waals surface area contributed by atoms with Crippen molar-refractivity contribution in [2.24, 2.45) is 11.0 Å². The van der Waals surface area contributed by atoms with Gasteiger partial charge in [-0.3, -0.25) is 14.5 Å². The molecule has 2 atom stereocenters. The minimum atomic E-state index is -0.310. The van der Waals surface area contributed by atoms with Gasteiger partial charge in [0.1, 0.15) is 11.5 Å². The summed E-state index contributed by atoms with van der Waals surface area (Å²) in [5.41, 5.74) is 5.10. The first kappa shape index (κ1) is 26.7. The van der Waals surface area contributed by atoms with E-state index < -0.39 is 0 Å². The Kier molecular flexibility index (Phi) is 8.48. The molecule has 0 N–H and O–H groups in total. The molecule has 0 bridgehead atoms. The summed E-state index contributed by atoms with van der Waals surface area (Å²) in [5.74, 6) is 0.848. The number of rotatable bonds is 8. The van der Waals surface area contributed by atoms with Crippen LogP contribution >= 0.6 is 0 Å². The number of carbonyl (C=O) groups excluding carboxylic acids is 2. The first-order valence-corrected chi connectivity index (χ1v) is 12.9. The second-order valence-electron chi connectivity index (χ2n) is 9.76. The Labute approximate surface area is 219 Å². The summed E-state index contributed by atoms with van der Waals surface area (Å²) in [5, 5.41) is 6.47. The monoisotopic (exact) mass is 507 g/mol. The summed E-state index contributed by atoms with van der Waals surface area (Å²) in [6.45, 7) is 7.78. The molecule has 2 aromatic carbocycles. The average molecular weight is 508 g/mol. The van der Waals surface area contributed by atoms with E-state index in [2.05, 4.69) is 32.0 Å². The third-order valence-electron chi connectivity index (χ3n) is 7.14. The first-order chi connectivity index (χ1) is 17.8. The topological polar surface area (TPSA) is 80.7 Å². The van der Waals surface area contributed by atoms with E-state index in [9.17, 15) is 9.59 Å². The van der Waals surface area contributed by atoms with E-state index in [0.717, 1.165) is 41.8 Å². The summed E-state index contributed by atoms with van der Waals surface area (Å²) in [6, 6.07) is 11.6. The van der Waals surface area contributed by atoms with Crippen LogP contribution in [0.5, 0.6) is 11.5 Å². The number of nitrogens with zero attached hydrogens (tertiary/aromatic N) is 3. The molecular weight excluding hydrogens is 470 g/mol. The van der Waals surface area contributed by atoms with Crippen molar-refractivity contribution in [3.8, 4) is 11.5 Å². The van der Waals surface area contributed by atoms with Gasteiger partial charge in [0.15, 0.2) is 0 Å². The lowest BCUT2D eigenvalue weighted by molar-refractivity contribution is -0.150. The van der Waals surface area contributed by atoms with Crippen molar-refractivity contribution in [3.05, 3.63) is 58.7 Å². The molecule has 8 nitrogen and oxygen atoms in total. The van der Waals surface area contributed by atoms with Crippen molar-refractivity contribution in [1.29, 1.82) is 0 Å². The number of amides is 1. The molecule has 4 rings (SSSR count). The van der Waals surface area contributed by atoms with E-state index in [4.69, 9.17) is 19.3 Å². The number of methoxy groups -OCH3 is 2. The first-order valence-electron chi connectivity index (χ1n) is 12.9. The minimum Gasteiger partial charge on any atom is -0.497 e. The zero-order chi connectivity index (χ0) is 26.5. The Bertz CT molecular complexity index is 1180. The van der Waals surface area contributed by atoms with Gasteiger partial charge in [-0.25, -0.2) is 5.01 Å². The van der Waals surface area contributed by atoms with Crippen molar-refractivity contribution < 1.29 is 23.8 Å². The third-order valence-corrected chi connectivity index (χ3v) is 7.14. The van der Waals surface area contributed by atoms with Gasteiger partial charge in [-0.2, -0.15) is 5.10 Å². The molecule has 0 aliphatic carbocycles. The Morgan fingerprint density at radius 1 is 1.08 bits per heavy atom. The number of aryl methyl sites for hydroxylation is 2. The van der Waals surface area contributed by atoms with E-state index in [1.165, 1.54) is 5.56 Å².